The number of aliphatic hydroxyl groups is 1. The van der Waals surface area contributed by atoms with Gasteiger partial charge >= 0.3 is 0 Å². The summed E-state index contributed by atoms with van der Waals surface area (Å²) < 4.78 is 0. The van der Waals surface area contributed by atoms with Crippen molar-refractivity contribution < 1.29 is 9.90 Å². The molecular weight excluding hydrogens is 250 g/mol. The second-order valence-corrected chi connectivity index (χ2v) is 6.29. The van der Waals surface area contributed by atoms with Crippen molar-refractivity contribution in [3.63, 3.8) is 0 Å². The first-order valence-electron chi connectivity index (χ1n) is 7.50. The largest absolute Gasteiger partial charge is 0.395 e. The smallest absolute Gasteiger partial charge is 0.222 e. The molecule has 0 bridgehead atoms. The van der Waals surface area contributed by atoms with Crippen molar-refractivity contribution in [2.75, 3.05) is 13.2 Å². The maximum atomic E-state index is 12.3. The first kappa shape index (κ1) is 15.0. The number of rotatable bonds is 7. The monoisotopic (exact) mass is 275 g/mol. The fourth-order valence-corrected chi connectivity index (χ4v) is 2.60. The van der Waals surface area contributed by atoms with Crippen LogP contribution in [0, 0.1) is 0 Å². The number of carbonyl (C=O) groups excluding carboxylic acids is 1. The van der Waals surface area contributed by atoms with Crippen LogP contribution in [0.4, 0.5) is 0 Å². The molecule has 3 nitrogen and oxygen atoms in total. The van der Waals surface area contributed by atoms with E-state index >= 15 is 0 Å². The second-order valence-electron chi connectivity index (χ2n) is 6.29. The molecule has 0 aromatic heterocycles. The number of amides is 1. The highest BCUT2D eigenvalue weighted by molar-refractivity contribution is 5.77. The van der Waals surface area contributed by atoms with Gasteiger partial charge in [0.1, 0.15) is 0 Å². The van der Waals surface area contributed by atoms with E-state index < -0.39 is 0 Å². The fourth-order valence-electron chi connectivity index (χ4n) is 2.60. The zero-order valence-electron chi connectivity index (χ0n) is 12.5. The van der Waals surface area contributed by atoms with E-state index in [9.17, 15) is 4.79 Å². The van der Waals surface area contributed by atoms with E-state index in [4.69, 9.17) is 5.11 Å². The summed E-state index contributed by atoms with van der Waals surface area (Å²) in [4.78, 5) is 14.2. The molecule has 0 heterocycles. The third-order valence-corrected chi connectivity index (χ3v) is 4.17. The highest BCUT2D eigenvalue weighted by Gasteiger charge is 2.32. The maximum Gasteiger partial charge on any atom is 0.222 e. The number of hydrogen-bond donors (Lipinski definition) is 1. The van der Waals surface area contributed by atoms with Gasteiger partial charge in [-0.3, -0.25) is 4.79 Å². The van der Waals surface area contributed by atoms with Crippen LogP contribution in [0.15, 0.2) is 30.3 Å². The molecule has 1 aromatic carbocycles. The summed E-state index contributed by atoms with van der Waals surface area (Å²) in [5, 5.41) is 9.07. The van der Waals surface area contributed by atoms with Crippen molar-refractivity contribution in [3.05, 3.63) is 35.9 Å². The van der Waals surface area contributed by atoms with Crippen LogP contribution in [-0.2, 0) is 10.2 Å². The molecule has 2 rings (SSSR count). The molecule has 1 aliphatic rings. The maximum absolute atomic E-state index is 12.3. The number of benzene rings is 1. The third-order valence-electron chi connectivity index (χ3n) is 4.17. The lowest BCUT2D eigenvalue weighted by Crippen LogP contribution is -2.36. The molecule has 0 saturated heterocycles. The van der Waals surface area contributed by atoms with E-state index in [0.29, 0.717) is 19.0 Å². The molecule has 0 spiro atoms. The predicted molar refractivity (Wildman–Crippen MR) is 80.5 cm³/mol. The van der Waals surface area contributed by atoms with Gasteiger partial charge in [-0.2, -0.15) is 0 Å². The Hall–Kier alpha value is -1.35. The average molecular weight is 275 g/mol. The van der Waals surface area contributed by atoms with Crippen LogP contribution < -0.4 is 0 Å². The van der Waals surface area contributed by atoms with Crippen molar-refractivity contribution in [1.29, 1.82) is 0 Å². The summed E-state index contributed by atoms with van der Waals surface area (Å²) in [7, 11) is 0. The van der Waals surface area contributed by atoms with Gasteiger partial charge in [-0.15, -0.1) is 0 Å². The minimum Gasteiger partial charge on any atom is -0.395 e. The molecule has 0 atom stereocenters. The van der Waals surface area contributed by atoms with Crippen molar-refractivity contribution in [3.8, 4) is 0 Å². The molecular formula is C17H25NO2. The van der Waals surface area contributed by atoms with Gasteiger partial charge in [0.25, 0.3) is 0 Å². The van der Waals surface area contributed by atoms with Crippen molar-refractivity contribution in [1.82, 2.24) is 4.90 Å². The molecule has 1 aromatic rings. The van der Waals surface area contributed by atoms with Crippen molar-refractivity contribution in [2.24, 2.45) is 0 Å². The Labute approximate surface area is 121 Å². The minimum atomic E-state index is 0.00531. The molecule has 0 aliphatic heterocycles. The van der Waals surface area contributed by atoms with E-state index in [2.05, 4.69) is 26.0 Å². The highest BCUT2D eigenvalue weighted by atomic mass is 16.3. The van der Waals surface area contributed by atoms with E-state index in [1.807, 2.05) is 23.1 Å². The van der Waals surface area contributed by atoms with Gasteiger partial charge in [0.2, 0.25) is 5.91 Å². The van der Waals surface area contributed by atoms with E-state index in [-0.39, 0.29) is 17.9 Å². The third kappa shape index (κ3) is 3.83. The molecule has 0 unspecified atom stereocenters. The van der Waals surface area contributed by atoms with Crippen molar-refractivity contribution in [2.45, 2.75) is 51.0 Å². The first-order chi connectivity index (χ1) is 9.54. The molecule has 1 amide bonds. The van der Waals surface area contributed by atoms with Crippen LogP contribution in [0.25, 0.3) is 0 Å². The van der Waals surface area contributed by atoms with Crippen LogP contribution in [0.2, 0.25) is 0 Å². The molecule has 110 valence electrons. The molecule has 1 N–H and O–H groups in total. The quantitative estimate of drug-likeness (QED) is 0.831. The van der Waals surface area contributed by atoms with Gasteiger partial charge in [-0.1, -0.05) is 44.2 Å². The Morgan fingerprint density at radius 1 is 1.30 bits per heavy atom. The lowest BCUT2D eigenvalue weighted by molar-refractivity contribution is -0.132. The van der Waals surface area contributed by atoms with E-state index in [1.54, 1.807) is 0 Å². The van der Waals surface area contributed by atoms with E-state index in [0.717, 1.165) is 19.3 Å². The molecule has 0 radical (unpaired) electrons. The second kappa shape index (κ2) is 6.40. The van der Waals surface area contributed by atoms with Crippen LogP contribution >= 0.6 is 0 Å². The number of nitrogens with zero attached hydrogens (tertiary/aromatic N) is 1. The van der Waals surface area contributed by atoms with Crippen molar-refractivity contribution >= 4 is 5.91 Å². The van der Waals surface area contributed by atoms with Gasteiger partial charge in [0, 0.05) is 19.0 Å². The summed E-state index contributed by atoms with van der Waals surface area (Å²) in [6.07, 6.45) is 3.57. The molecule has 1 aliphatic carbocycles. The summed E-state index contributed by atoms with van der Waals surface area (Å²) >= 11 is 0. The SMILES string of the molecule is CC(C)(CCC(=O)N(CCO)C1CC1)c1ccccc1. The molecule has 1 fully saturated rings. The van der Waals surface area contributed by atoms with Crippen LogP contribution in [0.5, 0.6) is 0 Å². The number of aliphatic hydroxyl groups excluding tert-OH is 1. The Morgan fingerprint density at radius 2 is 1.95 bits per heavy atom. The highest BCUT2D eigenvalue weighted by Crippen LogP contribution is 2.31. The Morgan fingerprint density at radius 3 is 2.50 bits per heavy atom. The van der Waals surface area contributed by atoms with Crippen LogP contribution in [0.1, 0.15) is 45.1 Å². The minimum absolute atomic E-state index is 0.00531. The van der Waals surface area contributed by atoms with Gasteiger partial charge in [-0.25, -0.2) is 0 Å². The lowest BCUT2D eigenvalue weighted by Gasteiger charge is -2.27. The number of carbonyl (C=O) groups is 1. The summed E-state index contributed by atoms with van der Waals surface area (Å²) in [5.74, 6) is 0.186. The lowest BCUT2D eigenvalue weighted by atomic mass is 9.80. The van der Waals surface area contributed by atoms with Gasteiger partial charge in [0.15, 0.2) is 0 Å². The fraction of sp³-hybridized carbons (Fsp3) is 0.588. The summed E-state index contributed by atoms with van der Waals surface area (Å²) in [6.45, 7) is 4.91. The Bertz CT molecular complexity index is 438. The molecule has 20 heavy (non-hydrogen) atoms. The predicted octanol–water partition coefficient (Wildman–Crippen LogP) is 2.73. The van der Waals surface area contributed by atoms with E-state index in [1.165, 1.54) is 5.56 Å². The normalized spacial score (nSPS) is 15.2. The molecule has 1 saturated carbocycles. The van der Waals surface area contributed by atoms with Gasteiger partial charge in [-0.05, 0) is 30.2 Å². The number of hydrogen-bond acceptors (Lipinski definition) is 2. The topological polar surface area (TPSA) is 40.5 Å². The Balaban J connectivity index is 1.91. The van der Waals surface area contributed by atoms with Gasteiger partial charge in [0.05, 0.1) is 6.61 Å². The molecule has 3 heteroatoms. The van der Waals surface area contributed by atoms with Crippen LogP contribution in [-0.4, -0.2) is 35.1 Å². The van der Waals surface area contributed by atoms with Gasteiger partial charge < -0.3 is 10.0 Å². The van der Waals surface area contributed by atoms with Crippen LogP contribution in [0.3, 0.4) is 0 Å². The Kier molecular flexibility index (Phi) is 4.81. The standard InChI is InChI=1S/C17H25NO2/c1-17(2,14-6-4-3-5-7-14)11-10-16(20)18(12-13-19)15-8-9-15/h3-7,15,19H,8-13H2,1-2H3. The average Bonchev–Trinajstić information content (AvgIpc) is 3.28. The zero-order valence-corrected chi connectivity index (χ0v) is 12.5. The summed E-state index contributed by atoms with van der Waals surface area (Å²) in [6, 6.07) is 10.7. The first-order valence-corrected chi connectivity index (χ1v) is 7.50. The summed E-state index contributed by atoms with van der Waals surface area (Å²) in [5.41, 5.74) is 1.28. The zero-order chi connectivity index (χ0) is 14.6.